The highest BCUT2D eigenvalue weighted by Gasteiger charge is 2.15. The van der Waals surface area contributed by atoms with Crippen molar-refractivity contribution in [3.63, 3.8) is 0 Å². The lowest BCUT2D eigenvalue weighted by Gasteiger charge is -2.24. The highest BCUT2D eigenvalue weighted by molar-refractivity contribution is 6.31. The molecule has 1 aliphatic heterocycles. The summed E-state index contributed by atoms with van der Waals surface area (Å²) in [4.78, 5) is 0. The summed E-state index contributed by atoms with van der Waals surface area (Å²) in [5.74, 6) is 0.606. The van der Waals surface area contributed by atoms with Gasteiger partial charge in [0.05, 0.1) is 0 Å². The Morgan fingerprint density at radius 1 is 1.26 bits per heavy atom. The van der Waals surface area contributed by atoms with Crippen LogP contribution >= 0.6 is 11.6 Å². The highest BCUT2D eigenvalue weighted by atomic mass is 35.5. The molecule has 2 heteroatoms. The van der Waals surface area contributed by atoms with Crippen molar-refractivity contribution in [2.24, 2.45) is 0 Å². The van der Waals surface area contributed by atoms with Crippen molar-refractivity contribution in [1.82, 2.24) is 5.32 Å². The molecule has 0 bridgehead atoms. The first kappa shape index (κ1) is 14.9. The SMILES string of the molecule is CCC(CC)c1ccc(CC2CCCCN2)cc1Cl. The summed E-state index contributed by atoms with van der Waals surface area (Å²) in [6.07, 6.45) is 7.43. The van der Waals surface area contributed by atoms with Gasteiger partial charge in [-0.15, -0.1) is 0 Å². The number of nitrogens with one attached hydrogen (secondary N) is 1. The van der Waals surface area contributed by atoms with Gasteiger partial charge >= 0.3 is 0 Å². The van der Waals surface area contributed by atoms with Crippen LogP contribution in [0, 0.1) is 0 Å². The molecule has 1 aliphatic rings. The van der Waals surface area contributed by atoms with Crippen LogP contribution in [-0.4, -0.2) is 12.6 Å². The van der Waals surface area contributed by atoms with Crippen LogP contribution in [0.25, 0.3) is 0 Å². The Bertz CT molecular complexity index is 392. The van der Waals surface area contributed by atoms with Gasteiger partial charge in [0.25, 0.3) is 0 Å². The molecule has 1 nitrogen and oxygen atoms in total. The molecule has 0 spiro atoms. The second-order valence-electron chi connectivity index (χ2n) is 5.72. The molecule has 1 aromatic rings. The summed E-state index contributed by atoms with van der Waals surface area (Å²) in [5, 5.41) is 4.56. The number of halogens is 1. The molecule has 106 valence electrons. The quantitative estimate of drug-likeness (QED) is 0.806. The van der Waals surface area contributed by atoms with Crippen LogP contribution < -0.4 is 5.32 Å². The summed E-state index contributed by atoms with van der Waals surface area (Å²) in [6, 6.07) is 7.35. The fourth-order valence-corrected chi connectivity index (χ4v) is 3.50. The summed E-state index contributed by atoms with van der Waals surface area (Å²) in [6.45, 7) is 5.65. The Morgan fingerprint density at radius 3 is 2.63 bits per heavy atom. The van der Waals surface area contributed by atoms with Crippen molar-refractivity contribution < 1.29 is 0 Å². The topological polar surface area (TPSA) is 12.0 Å². The molecular formula is C17H26ClN. The minimum absolute atomic E-state index is 0.606. The minimum atomic E-state index is 0.606. The van der Waals surface area contributed by atoms with Crippen molar-refractivity contribution in [3.05, 3.63) is 34.3 Å². The van der Waals surface area contributed by atoms with E-state index in [-0.39, 0.29) is 0 Å². The standard InChI is InChI=1S/C17H26ClN/c1-3-14(4-2)16-9-8-13(12-17(16)18)11-15-7-5-6-10-19-15/h8-9,12,14-15,19H,3-7,10-11H2,1-2H3. The molecule has 0 aromatic heterocycles. The van der Waals surface area contributed by atoms with E-state index in [2.05, 4.69) is 37.4 Å². The third-order valence-electron chi connectivity index (χ3n) is 4.38. The molecule has 1 saturated heterocycles. The van der Waals surface area contributed by atoms with Gasteiger partial charge in [-0.2, -0.15) is 0 Å². The number of hydrogen-bond acceptors (Lipinski definition) is 1. The monoisotopic (exact) mass is 279 g/mol. The van der Waals surface area contributed by atoms with Crippen LogP contribution in [0.3, 0.4) is 0 Å². The summed E-state index contributed by atoms with van der Waals surface area (Å²) in [5.41, 5.74) is 2.70. The van der Waals surface area contributed by atoms with Crippen molar-refractivity contribution in [3.8, 4) is 0 Å². The van der Waals surface area contributed by atoms with Gasteiger partial charge in [-0.3, -0.25) is 0 Å². The van der Waals surface area contributed by atoms with E-state index in [0.717, 1.165) is 11.4 Å². The van der Waals surface area contributed by atoms with Crippen LogP contribution in [-0.2, 0) is 6.42 Å². The fraction of sp³-hybridized carbons (Fsp3) is 0.647. The Morgan fingerprint density at radius 2 is 2.05 bits per heavy atom. The molecule has 1 N–H and O–H groups in total. The fourth-order valence-electron chi connectivity index (χ4n) is 3.14. The molecular weight excluding hydrogens is 254 g/mol. The van der Waals surface area contributed by atoms with Gasteiger partial charge in [-0.25, -0.2) is 0 Å². The Kier molecular flexibility index (Phi) is 5.72. The van der Waals surface area contributed by atoms with Gasteiger partial charge in [0, 0.05) is 11.1 Å². The smallest absolute Gasteiger partial charge is 0.0443 e. The number of rotatable bonds is 5. The molecule has 0 aliphatic carbocycles. The van der Waals surface area contributed by atoms with E-state index in [4.69, 9.17) is 11.6 Å². The van der Waals surface area contributed by atoms with E-state index >= 15 is 0 Å². The maximum absolute atomic E-state index is 6.48. The lowest BCUT2D eigenvalue weighted by atomic mass is 9.91. The largest absolute Gasteiger partial charge is 0.314 e. The second kappa shape index (κ2) is 7.31. The maximum Gasteiger partial charge on any atom is 0.0443 e. The molecule has 19 heavy (non-hydrogen) atoms. The van der Waals surface area contributed by atoms with Gasteiger partial charge in [0.1, 0.15) is 0 Å². The van der Waals surface area contributed by atoms with E-state index in [0.29, 0.717) is 12.0 Å². The first-order valence-corrected chi connectivity index (χ1v) is 8.14. The molecule has 0 amide bonds. The molecule has 1 atom stereocenters. The normalized spacial score (nSPS) is 19.9. The first-order valence-electron chi connectivity index (χ1n) is 7.76. The third kappa shape index (κ3) is 3.97. The molecule has 0 saturated carbocycles. The summed E-state index contributed by atoms with van der Waals surface area (Å²) >= 11 is 6.48. The Labute approximate surface area is 122 Å². The van der Waals surface area contributed by atoms with Crippen LogP contribution in [0.15, 0.2) is 18.2 Å². The number of benzene rings is 1. The molecule has 1 unspecified atom stereocenters. The average molecular weight is 280 g/mol. The summed E-state index contributed by atoms with van der Waals surface area (Å²) < 4.78 is 0. The lowest BCUT2D eigenvalue weighted by molar-refractivity contribution is 0.399. The number of piperidine rings is 1. The lowest BCUT2D eigenvalue weighted by Crippen LogP contribution is -2.35. The highest BCUT2D eigenvalue weighted by Crippen LogP contribution is 2.30. The molecule has 1 heterocycles. The van der Waals surface area contributed by atoms with Crippen molar-refractivity contribution in [1.29, 1.82) is 0 Å². The predicted molar refractivity (Wildman–Crippen MR) is 84.1 cm³/mol. The van der Waals surface area contributed by atoms with Crippen molar-refractivity contribution >= 4 is 11.6 Å². The zero-order valence-corrected chi connectivity index (χ0v) is 13.0. The molecule has 0 radical (unpaired) electrons. The molecule has 1 aromatic carbocycles. The van der Waals surface area contributed by atoms with Gasteiger partial charge in [-0.1, -0.05) is 44.0 Å². The zero-order valence-electron chi connectivity index (χ0n) is 12.2. The Hall–Kier alpha value is -0.530. The van der Waals surface area contributed by atoms with E-state index in [1.807, 2.05) is 0 Å². The van der Waals surface area contributed by atoms with Crippen LogP contribution in [0.5, 0.6) is 0 Å². The van der Waals surface area contributed by atoms with Crippen LogP contribution in [0.2, 0.25) is 5.02 Å². The van der Waals surface area contributed by atoms with Crippen molar-refractivity contribution in [2.75, 3.05) is 6.54 Å². The van der Waals surface area contributed by atoms with Crippen LogP contribution in [0.1, 0.15) is 63.0 Å². The average Bonchev–Trinajstić information content (AvgIpc) is 2.43. The van der Waals surface area contributed by atoms with Gasteiger partial charge in [-0.05, 0) is 61.8 Å². The van der Waals surface area contributed by atoms with E-state index in [1.165, 1.54) is 49.8 Å². The first-order chi connectivity index (χ1) is 9.24. The van der Waals surface area contributed by atoms with Gasteiger partial charge in [0.15, 0.2) is 0 Å². The van der Waals surface area contributed by atoms with E-state index in [1.54, 1.807) is 0 Å². The minimum Gasteiger partial charge on any atom is -0.314 e. The molecule has 1 fully saturated rings. The van der Waals surface area contributed by atoms with Crippen molar-refractivity contribution in [2.45, 2.75) is 64.3 Å². The second-order valence-corrected chi connectivity index (χ2v) is 6.13. The van der Waals surface area contributed by atoms with Gasteiger partial charge in [0.2, 0.25) is 0 Å². The summed E-state index contributed by atoms with van der Waals surface area (Å²) in [7, 11) is 0. The number of hydrogen-bond donors (Lipinski definition) is 1. The zero-order chi connectivity index (χ0) is 13.7. The Balaban J connectivity index is 2.05. The van der Waals surface area contributed by atoms with E-state index in [9.17, 15) is 0 Å². The predicted octanol–water partition coefficient (Wildman–Crippen LogP) is 4.93. The molecule has 2 rings (SSSR count). The van der Waals surface area contributed by atoms with E-state index < -0.39 is 0 Å². The van der Waals surface area contributed by atoms with Gasteiger partial charge < -0.3 is 5.32 Å². The third-order valence-corrected chi connectivity index (χ3v) is 4.71. The van der Waals surface area contributed by atoms with Crippen LogP contribution in [0.4, 0.5) is 0 Å². The maximum atomic E-state index is 6.48.